The maximum atomic E-state index is 6.08. The highest BCUT2D eigenvalue weighted by atomic mass is 16.5. The van der Waals surface area contributed by atoms with Crippen molar-refractivity contribution in [3.63, 3.8) is 0 Å². The highest BCUT2D eigenvalue weighted by Gasteiger charge is 2.47. The second kappa shape index (κ2) is 8.43. The molecule has 0 unspecified atom stereocenters. The Labute approximate surface area is 163 Å². The van der Waals surface area contributed by atoms with E-state index in [9.17, 15) is 0 Å². The lowest BCUT2D eigenvalue weighted by atomic mass is 9.61. The highest BCUT2D eigenvalue weighted by molar-refractivity contribution is 5.38. The van der Waals surface area contributed by atoms with E-state index in [1.54, 1.807) is 6.20 Å². The van der Waals surface area contributed by atoms with Crippen LogP contribution in [0.1, 0.15) is 31.2 Å². The molecule has 2 N–H and O–H groups in total. The Balaban J connectivity index is 1.43. The molecule has 1 aromatic rings. The maximum Gasteiger partial charge on any atom is 0.127 e. The zero-order chi connectivity index (χ0) is 18.7. The van der Waals surface area contributed by atoms with Crippen LogP contribution in [-0.2, 0) is 16.0 Å². The Morgan fingerprint density at radius 2 is 2.15 bits per heavy atom. The summed E-state index contributed by atoms with van der Waals surface area (Å²) < 4.78 is 11.3. The van der Waals surface area contributed by atoms with Crippen LogP contribution in [0.5, 0.6) is 0 Å². The van der Waals surface area contributed by atoms with Gasteiger partial charge in [0.2, 0.25) is 0 Å². The summed E-state index contributed by atoms with van der Waals surface area (Å²) in [5.74, 6) is 1.41. The number of fused-ring (bicyclic) bond motifs is 1. The van der Waals surface area contributed by atoms with Gasteiger partial charge in [-0.05, 0) is 44.2 Å². The molecule has 2 aliphatic heterocycles. The van der Waals surface area contributed by atoms with Gasteiger partial charge >= 0.3 is 0 Å². The van der Waals surface area contributed by atoms with Gasteiger partial charge < -0.3 is 15.2 Å². The molecule has 2 saturated heterocycles. The second-order valence-electron chi connectivity index (χ2n) is 8.62. The molecule has 150 valence electrons. The number of anilines is 1. The molecule has 0 radical (unpaired) electrons. The molecule has 3 aliphatic rings. The molecule has 6 heteroatoms. The van der Waals surface area contributed by atoms with Crippen molar-refractivity contribution < 1.29 is 9.47 Å². The molecule has 0 spiro atoms. The quantitative estimate of drug-likeness (QED) is 0.851. The van der Waals surface area contributed by atoms with E-state index in [1.807, 2.05) is 13.2 Å². The Morgan fingerprint density at radius 1 is 1.30 bits per heavy atom. The van der Waals surface area contributed by atoms with Crippen molar-refractivity contribution in [2.45, 2.75) is 38.3 Å². The number of methoxy groups -OCH3 is 1. The van der Waals surface area contributed by atoms with Crippen LogP contribution >= 0.6 is 0 Å². The van der Waals surface area contributed by atoms with Gasteiger partial charge in [0.25, 0.3) is 0 Å². The van der Waals surface area contributed by atoms with Crippen molar-refractivity contribution in [3.05, 3.63) is 23.9 Å². The van der Waals surface area contributed by atoms with Crippen LogP contribution in [0.15, 0.2) is 18.3 Å². The number of hydrogen-bond donors (Lipinski definition) is 1. The first-order chi connectivity index (χ1) is 13.2. The molecule has 3 fully saturated rings. The van der Waals surface area contributed by atoms with Gasteiger partial charge in [0, 0.05) is 56.5 Å². The van der Waals surface area contributed by atoms with Crippen LogP contribution in [0.4, 0.5) is 5.82 Å². The minimum atomic E-state index is 0.284. The summed E-state index contributed by atoms with van der Waals surface area (Å²) in [6, 6.07) is 4.81. The standard InChI is InChI=1S/C21H34N4O2/c1-26-16-21-6-4-19(25-9-11-27-12-10-25)13-18(21)5-8-24(15-21)14-17-3-2-7-23-20(17)22/h2-3,7,18-19H,4-6,8-16H2,1H3,(H2,22,23)/t18-,19-,21+/m1/s1. The number of nitrogen functional groups attached to an aromatic ring is 1. The third kappa shape index (κ3) is 4.14. The predicted molar refractivity (Wildman–Crippen MR) is 106 cm³/mol. The van der Waals surface area contributed by atoms with Gasteiger partial charge in [-0.2, -0.15) is 0 Å². The number of piperidine rings is 1. The minimum absolute atomic E-state index is 0.284. The van der Waals surface area contributed by atoms with E-state index >= 15 is 0 Å². The van der Waals surface area contributed by atoms with Crippen LogP contribution < -0.4 is 5.73 Å². The van der Waals surface area contributed by atoms with Crippen LogP contribution in [0.25, 0.3) is 0 Å². The number of aromatic nitrogens is 1. The van der Waals surface area contributed by atoms with Crippen molar-refractivity contribution in [1.82, 2.24) is 14.8 Å². The summed E-state index contributed by atoms with van der Waals surface area (Å²) >= 11 is 0. The summed E-state index contributed by atoms with van der Waals surface area (Å²) in [4.78, 5) is 9.49. The molecule has 0 amide bonds. The molecule has 3 atom stereocenters. The first-order valence-corrected chi connectivity index (χ1v) is 10.4. The fourth-order valence-electron chi connectivity index (χ4n) is 5.61. The minimum Gasteiger partial charge on any atom is -0.384 e. The summed E-state index contributed by atoms with van der Waals surface area (Å²) in [6.45, 7) is 7.99. The Morgan fingerprint density at radius 3 is 2.93 bits per heavy atom. The zero-order valence-corrected chi connectivity index (χ0v) is 16.6. The first kappa shape index (κ1) is 19.1. The molecule has 4 rings (SSSR count). The van der Waals surface area contributed by atoms with Crippen molar-refractivity contribution >= 4 is 5.82 Å². The SMILES string of the molecule is COC[C@@]12CC[C@@H](N3CCOCC3)C[C@H]1CCN(Cc1cccnc1N)C2. The average molecular weight is 375 g/mol. The molecule has 1 aromatic heterocycles. The van der Waals surface area contributed by atoms with Gasteiger partial charge in [-0.1, -0.05) is 6.07 Å². The smallest absolute Gasteiger partial charge is 0.127 e. The van der Waals surface area contributed by atoms with Crippen molar-refractivity contribution in [2.24, 2.45) is 11.3 Å². The van der Waals surface area contributed by atoms with Gasteiger partial charge in [-0.3, -0.25) is 9.80 Å². The zero-order valence-electron chi connectivity index (χ0n) is 16.6. The Bertz CT molecular complexity index is 622. The number of ether oxygens (including phenoxy) is 2. The average Bonchev–Trinajstić information content (AvgIpc) is 2.70. The molecular weight excluding hydrogens is 340 g/mol. The second-order valence-corrected chi connectivity index (χ2v) is 8.62. The summed E-state index contributed by atoms with van der Waals surface area (Å²) in [6.07, 6.45) is 6.87. The Kier molecular flexibility index (Phi) is 5.97. The maximum absolute atomic E-state index is 6.08. The van der Waals surface area contributed by atoms with Gasteiger partial charge in [0.1, 0.15) is 5.82 Å². The summed E-state index contributed by atoms with van der Waals surface area (Å²) in [5.41, 5.74) is 7.51. The topological polar surface area (TPSA) is 63.9 Å². The van der Waals surface area contributed by atoms with E-state index < -0.39 is 0 Å². The summed E-state index contributed by atoms with van der Waals surface area (Å²) in [7, 11) is 1.86. The van der Waals surface area contributed by atoms with E-state index in [-0.39, 0.29) is 5.41 Å². The van der Waals surface area contributed by atoms with Crippen molar-refractivity contribution in [1.29, 1.82) is 0 Å². The lowest BCUT2D eigenvalue weighted by Gasteiger charge is -2.54. The molecule has 1 aliphatic carbocycles. The monoisotopic (exact) mass is 374 g/mol. The molecule has 27 heavy (non-hydrogen) atoms. The fourth-order valence-corrected chi connectivity index (χ4v) is 5.61. The number of morpholine rings is 1. The van der Waals surface area contributed by atoms with Crippen molar-refractivity contribution in [2.75, 3.05) is 58.8 Å². The number of rotatable bonds is 5. The van der Waals surface area contributed by atoms with Gasteiger partial charge in [-0.15, -0.1) is 0 Å². The molecule has 0 aromatic carbocycles. The number of nitrogens with two attached hydrogens (primary N) is 1. The molecule has 0 bridgehead atoms. The largest absolute Gasteiger partial charge is 0.384 e. The van der Waals surface area contributed by atoms with E-state index in [1.165, 1.54) is 25.7 Å². The van der Waals surface area contributed by atoms with Crippen molar-refractivity contribution in [3.8, 4) is 0 Å². The third-order valence-corrected chi connectivity index (χ3v) is 7.04. The summed E-state index contributed by atoms with van der Waals surface area (Å²) in [5, 5.41) is 0. The predicted octanol–water partition coefficient (Wildman–Crippen LogP) is 2.00. The van der Waals surface area contributed by atoms with Crippen LogP contribution in [0, 0.1) is 11.3 Å². The van der Waals surface area contributed by atoms with Gasteiger partial charge in [-0.25, -0.2) is 4.98 Å². The lowest BCUT2D eigenvalue weighted by Crippen LogP contribution is -2.56. The third-order valence-electron chi connectivity index (χ3n) is 7.04. The van der Waals surface area contributed by atoms with Crippen LogP contribution in [0.3, 0.4) is 0 Å². The lowest BCUT2D eigenvalue weighted by molar-refractivity contribution is -0.0870. The van der Waals surface area contributed by atoms with Gasteiger partial charge in [0.15, 0.2) is 0 Å². The molecular formula is C21H34N4O2. The van der Waals surface area contributed by atoms with E-state index in [0.717, 1.165) is 70.1 Å². The fraction of sp³-hybridized carbons (Fsp3) is 0.762. The number of pyridine rings is 1. The van der Waals surface area contributed by atoms with E-state index in [2.05, 4.69) is 20.9 Å². The molecule has 1 saturated carbocycles. The van der Waals surface area contributed by atoms with Gasteiger partial charge in [0.05, 0.1) is 19.8 Å². The van der Waals surface area contributed by atoms with E-state index in [4.69, 9.17) is 15.2 Å². The molecule has 6 nitrogen and oxygen atoms in total. The van der Waals surface area contributed by atoms with Crippen LogP contribution in [0.2, 0.25) is 0 Å². The number of likely N-dealkylation sites (tertiary alicyclic amines) is 1. The first-order valence-electron chi connectivity index (χ1n) is 10.4. The normalized spacial score (nSPS) is 32.9. The van der Waals surface area contributed by atoms with Crippen LogP contribution in [-0.4, -0.2) is 73.9 Å². The number of hydrogen-bond acceptors (Lipinski definition) is 6. The van der Waals surface area contributed by atoms with E-state index in [0.29, 0.717) is 5.82 Å². The Hall–Kier alpha value is -1.21. The molecule has 3 heterocycles. The number of nitrogens with zero attached hydrogens (tertiary/aromatic N) is 3. The highest BCUT2D eigenvalue weighted by Crippen LogP contribution is 2.48.